The van der Waals surface area contributed by atoms with Crippen LogP contribution in [0.4, 0.5) is 0 Å². The summed E-state index contributed by atoms with van der Waals surface area (Å²) in [7, 11) is 0. The first-order chi connectivity index (χ1) is 3.13. The largest absolute Gasteiger partial charge is 0.412 e. The van der Waals surface area contributed by atoms with E-state index in [9.17, 15) is 0 Å². The molecule has 0 atom stereocenters. The zero-order valence-electron chi connectivity index (χ0n) is 6.56. The summed E-state index contributed by atoms with van der Waals surface area (Å²) in [4.78, 5) is 0. The maximum Gasteiger partial charge on any atom is 0.0522 e. The highest BCUT2D eigenvalue weighted by atomic mass is 16.5. The van der Waals surface area contributed by atoms with Gasteiger partial charge in [-0.3, -0.25) is 0 Å². The topological polar surface area (TPSA) is 72.2 Å². The molecule has 0 aliphatic rings. The lowest BCUT2D eigenvalue weighted by Crippen LogP contribution is -2.09. The van der Waals surface area contributed by atoms with Gasteiger partial charge in [0, 0.05) is 0 Å². The summed E-state index contributed by atoms with van der Waals surface area (Å²) in [6.45, 7) is 8.17. The fraction of sp³-hybridized carbons (Fsp3) is 1.00. The first-order valence-corrected chi connectivity index (χ1v) is 2.78. The Bertz CT molecular complexity index is 37.6. The Kier molecular flexibility index (Phi) is 14.0. The molecule has 0 aliphatic heterocycles. The van der Waals surface area contributed by atoms with E-state index in [0.29, 0.717) is 12.2 Å². The van der Waals surface area contributed by atoms with Crippen molar-refractivity contribution < 1.29 is 15.7 Å². The number of rotatable bonds is 2. The van der Waals surface area contributed by atoms with Gasteiger partial charge in [0.2, 0.25) is 0 Å². The van der Waals surface area contributed by atoms with Crippen molar-refractivity contribution in [3.63, 3.8) is 0 Å². The van der Waals surface area contributed by atoms with Gasteiger partial charge in [-0.25, -0.2) is 0 Å². The summed E-state index contributed by atoms with van der Waals surface area (Å²) < 4.78 is 5.25. The van der Waals surface area contributed by atoms with Gasteiger partial charge in [0.15, 0.2) is 0 Å². The third kappa shape index (κ3) is 18.1. The zero-order chi connectivity index (χ0) is 5.86. The molecule has 0 aromatic rings. The molecule has 0 unspecified atom stereocenters. The van der Waals surface area contributed by atoms with E-state index in [1.807, 2.05) is 27.7 Å². The Morgan fingerprint density at radius 3 is 1.00 bits per heavy atom. The molecule has 0 spiro atoms. The lowest BCUT2D eigenvalue weighted by molar-refractivity contribution is 0.0300. The molecule has 0 aromatic heterocycles. The van der Waals surface area contributed by atoms with Crippen LogP contribution in [0.25, 0.3) is 0 Å². The van der Waals surface area contributed by atoms with Gasteiger partial charge in [0.1, 0.15) is 0 Å². The Balaban J connectivity index is -0.000000180. The molecule has 0 radical (unpaired) electrons. The molecule has 3 heteroatoms. The molecule has 0 amide bonds. The summed E-state index contributed by atoms with van der Waals surface area (Å²) in [6, 6.07) is 0. The standard InChI is InChI=1S/C6H14O.2H2O/c1-5(2)7-6(3)4;;/h5-6H,1-4H3;2*1H2. The smallest absolute Gasteiger partial charge is 0.0522 e. The Hall–Kier alpha value is -0.120. The van der Waals surface area contributed by atoms with Gasteiger partial charge in [0.05, 0.1) is 12.2 Å². The SMILES string of the molecule is CC(C)OC(C)C.O.O. The monoisotopic (exact) mass is 138 g/mol. The number of ether oxygens (including phenoxy) is 1. The summed E-state index contributed by atoms with van der Waals surface area (Å²) in [5, 5.41) is 0. The molecular weight excluding hydrogens is 120 g/mol. The van der Waals surface area contributed by atoms with Crippen molar-refractivity contribution in [1.29, 1.82) is 0 Å². The van der Waals surface area contributed by atoms with E-state index in [1.165, 1.54) is 0 Å². The quantitative estimate of drug-likeness (QED) is 0.536. The first-order valence-electron chi connectivity index (χ1n) is 2.78. The third-order valence-corrected chi connectivity index (χ3v) is 0.544. The fourth-order valence-electron chi connectivity index (χ4n) is 0.544. The second kappa shape index (κ2) is 7.88. The van der Waals surface area contributed by atoms with E-state index in [0.717, 1.165) is 0 Å². The van der Waals surface area contributed by atoms with E-state index in [1.54, 1.807) is 0 Å². The van der Waals surface area contributed by atoms with Crippen LogP contribution in [-0.2, 0) is 4.74 Å². The van der Waals surface area contributed by atoms with Crippen molar-refractivity contribution in [2.45, 2.75) is 39.9 Å². The third-order valence-electron chi connectivity index (χ3n) is 0.544. The van der Waals surface area contributed by atoms with Crippen molar-refractivity contribution >= 4 is 0 Å². The van der Waals surface area contributed by atoms with Crippen molar-refractivity contribution in [2.24, 2.45) is 0 Å². The van der Waals surface area contributed by atoms with Gasteiger partial charge in [-0.05, 0) is 27.7 Å². The van der Waals surface area contributed by atoms with Crippen LogP contribution < -0.4 is 0 Å². The number of hydrogen-bond donors (Lipinski definition) is 0. The van der Waals surface area contributed by atoms with Crippen molar-refractivity contribution in [3.05, 3.63) is 0 Å². The maximum atomic E-state index is 5.25. The van der Waals surface area contributed by atoms with E-state index < -0.39 is 0 Å². The molecule has 0 bridgehead atoms. The Morgan fingerprint density at radius 2 is 1.00 bits per heavy atom. The lowest BCUT2D eigenvalue weighted by Gasteiger charge is -2.09. The molecule has 0 saturated carbocycles. The molecular formula is C6H18O3. The highest BCUT2D eigenvalue weighted by Crippen LogP contribution is 1.93. The van der Waals surface area contributed by atoms with Crippen LogP contribution >= 0.6 is 0 Å². The highest BCUT2D eigenvalue weighted by molar-refractivity contribution is 4.40. The normalized spacial score (nSPS) is 8.67. The minimum Gasteiger partial charge on any atom is -0.412 e. The summed E-state index contributed by atoms with van der Waals surface area (Å²) in [6.07, 6.45) is 0.750. The van der Waals surface area contributed by atoms with E-state index in [-0.39, 0.29) is 11.0 Å². The second-order valence-corrected chi connectivity index (χ2v) is 2.23. The molecule has 0 rings (SSSR count). The lowest BCUT2D eigenvalue weighted by atomic mass is 10.4. The second-order valence-electron chi connectivity index (χ2n) is 2.23. The molecule has 4 N–H and O–H groups in total. The maximum absolute atomic E-state index is 5.25. The van der Waals surface area contributed by atoms with Gasteiger partial charge < -0.3 is 15.7 Å². The van der Waals surface area contributed by atoms with Crippen molar-refractivity contribution in [3.8, 4) is 0 Å². The van der Waals surface area contributed by atoms with Gasteiger partial charge in [0.25, 0.3) is 0 Å². The summed E-state index contributed by atoms with van der Waals surface area (Å²) in [5.41, 5.74) is 0. The van der Waals surface area contributed by atoms with Gasteiger partial charge in [-0.2, -0.15) is 0 Å². The predicted octanol–water partition coefficient (Wildman–Crippen LogP) is 0.170. The van der Waals surface area contributed by atoms with E-state index in [2.05, 4.69) is 0 Å². The summed E-state index contributed by atoms with van der Waals surface area (Å²) >= 11 is 0. The molecule has 0 fully saturated rings. The summed E-state index contributed by atoms with van der Waals surface area (Å²) in [5.74, 6) is 0. The van der Waals surface area contributed by atoms with Crippen LogP contribution in [0.5, 0.6) is 0 Å². The minimum atomic E-state index is 0. The van der Waals surface area contributed by atoms with Crippen LogP contribution in [0.2, 0.25) is 0 Å². The highest BCUT2D eigenvalue weighted by Gasteiger charge is 1.94. The molecule has 0 saturated heterocycles. The molecule has 9 heavy (non-hydrogen) atoms. The Morgan fingerprint density at radius 1 is 0.778 bits per heavy atom. The fourth-order valence-corrected chi connectivity index (χ4v) is 0.544. The zero-order valence-corrected chi connectivity index (χ0v) is 6.56. The molecule has 0 heterocycles. The number of hydrogen-bond acceptors (Lipinski definition) is 1. The van der Waals surface area contributed by atoms with Crippen molar-refractivity contribution in [1.82, 2.24) is 0 Å². The Labute approximate surface area is 56.6 Å². The minimum absolute atomic E-state index is 0. The molecule has 0 aliphatic carbocycles. The van der Waals surface area contributed by atoms with Crippen LogP contribution in [0, 0.1) is 0 Å². The average molecular weight is 138 g/mol. The van der Waals surface area contributed by atoms with Crippen LogP contribution in [0.3, 0.4) is 0 Å². The van der Waals surface area contributed by atoms with E-state index >= 15 is 0 Å². The van der Waals surface area contributed by atoms with Gasteiger partial charge in [-0.15, -0.1) is 0 Å². The molecule has 3 nitrogen and oxygen atoms in total. The van der Waals surface area contributed by atoms with Crippen LogP contribution in [-0.4, -0.2) is 23.2 Å². The molecule has 60 valence electrons. The van der Waals surface area contributed by atoms with Crippen LogP contribution in [0.15, 0.2) is 0 Å². The first kappa shape index (κ1) is 15.9. The predicted molar refractivity (Wildman–Crippen MR) is 38.6 cm³/mol. The molecule has 0 aromatic carbocycles. The average Bonchev–Trinajstić information content (AvgIpc) is 1.27. The van der Waals surface area contributed by atoms with Crippen LogP contribution in [0.1, 0.15) is 27.7 Å². The van der Waals surface area contributed by atoms with Gasteiger partial charge in [-0.1, -0.05) is 0 Å². The van der Waals surface area contributed by atoms with Crippen molar-refractivity contribution in [2.75, 3.05) is 0 Å². The van der Waals surface area contributed by atoms with Gasteiger partial charge >= 0.3 is 0 Å². The van der Waals surface area contributed by atoms with E-state index in [4.69, 9.17) is 4.74 Å².